The van der Waals surface area contributed by atoms with E-state index in [1.807, 2.05) is 4.90 Å². The van der Waals surface area contributed by atoms with Gasteiger partial charge < -0.3 is 15.0 Å². The zero-order chi connectivity index (χ0) is 15.9. The number of likely N-dealkylation sites (tertiary alicyclic amines) is 1. The van der Waals surface area contributed by atoms with Crippen LogP contribution >= 0.6 is 0 Å². The number of amides is 2. The Morgan fingerprint density at radius 1 is 1.13 bits per heavy atom. The summed E-state index contributed by atoms with van der Waals surface area (Å²) in [6.45, 7) is 4.18. The van der Waals surface area contributed by atoms with Gasteiger partial charge in [0.25, 0.3) is 0 Å². The molecule has 0 aliphatic carbocycles. The third-order valence-electron chi connectivity index (χ3n) is 5.07. The van der Waals surface area contributed by atoms with Crippen LogP contribution in [-0.2, 0) is 11.2 Å². The van der Waals surface area contributed by atoms with Gasteiger partial charge in [-0.1, -0.05) is 30.3 Å². The standard InChI is InChI=1S/C19H28N2O2/c22-19(20-14-18-7-4-12-23-15-18)21-10-8-17(9-11-21)13-16-5-2-1-3-6-16/h1-3,5-6,17-18H,4,7-15H2,(H,20,22)/t18-/m1/s1. The van der Waals surface area contributed by atoms with Crippen molar-refractivity contribution < 1.29 is 9.53 Å². The Labute approximate surface area is 139 Å². The number of ether oxygens (including phenoxy) is 1. The maximum absolute atomic E-state index is 12.3. The van der Waals surface area contributed by atoms with E-state index < -0.39 is 0 Å². The molecule has 2 aliphatic heterocycles. The van der Waals surface area contributed by atoms with E-state index in [1.54, 1.807) is 0 Å². The van der Waals surface area contributed by atoms with Crippen LogP contribution in [0.25, 0.3) is 0 Å². The molecule has 2 fully saturated rings. The topological polar surface area (TPSA) is 41.6 Å². The summed E-state index contributed by atoms with van der Waals surface area (Å²) in [7, 11) is 0. The number of benzene rings is 1. The number of nitrogens with one attached hydrogen (secondary N) is 1. The zero-order valence-electron chi connectivity index (χ0n) is 13.9. The Balaban J connectivity index is 1.37. The first-order valence-corrected chi connectivity index (χ1v) is 8.95. The van der Waals surface area contributed by atoms with Gasteiger partial charge >= 0.3 is 6.03 Å². The lowest BCUT2D eigenvalue weighted by Crippen LogP contribution is -2.46. The summed E-state index contributed by atoms with van der Waals surface area (Å²) in [5.41, 5.74) is 1.41. The Kier molecular flexibility index (Phi) is 5.92. The average molecular weight is 316 g/mol. The molecule has 1 aromatic rings. The van der Waals surface area contributed by atoms with E-state index in [4.69, 9.17) is 4.74 Å². The smallest absolute Gasteiger partial charge is 0.317 e. The molecule has 0 unspecified atom stereocenters. The summed E-state index contributed by atoms with van der Waals surface area (Å²) < 4.78 is 5.47. The van der Waals surface area contributed by atoms with Crippen molar-refractivity contribution in [3.8, 4) is 0 Å². The summed E-state index contributed by atoms with van der Waals surface area (Å²) in [6, 6.07) is 10.8. The molecule has 2 heterocycles. The Morgan fingerprint density at radius 3 is 2.61 bits per heavy atom. The maximum atomic E-state index is 12.3. The van der Waals surface area contributed by atoms with Gasteiger partial charge in [-0.3, -0.25) is 0 Å². The van der Waals surface area contributed by atoms with E-state index in [-0.39, 0.29) is 6.03 Å². The van der Waals surface area contributed by atoms with E-state index in [2.05, 4.69) is 35.6 Å². The molecule has 2 aliphatic rings. The average Bonchev–Trinajstić information content (AvgIpc) is 2.62. The molecule has 126 valence electrons. The molecule has 23 heavy (non-hydrogen) atoms. The molecule has 0 radical (unpaired) electrons. The Morgan fingerprint density at radius 2 is 1.91 bits per heavy atom. The molecular formula is C19H28N2O2. The molecular weight excluding hydrogens is 288 g/mol. The van der Waals surface area contributed by atoms with Crippen LogP contribution in [0.15, 0.2) is 30.3 Å². The molecule has 4 nitrogen and oxygen atoms in total. The molecule has 2 saturated heterocycles. The number of nitrogens with zero attached hydrogens (tertiary/aromatic N) is 1. The van der Waals surface area contributed by atoms with Gasteiger partial charge in [-0.15, -0.1) is 0 Å². The molecule has 0 bridgehead atoms. The quantitative estimate of drug-likeness (QED) is 0.927. The highest BCUT2D eigenvalue weighted by Gasteiger charge is 2.23. The molecule has 0 aromatic heterocycles. The van der Waals surface area contributed by atoms with Crippen LogP contribution in [0.3, 0.4) is 0 Å². The van der Waals surface area contributed by atoms with Gasteiger partial charge in [0.05, 0.1) is 6.61 Å². The van der Waals surface area contributed by atoms with Gasteiger partial charge in [0.1, 0.15) is 0 Å². The second-order valence-corrected chi connectivity index (χ2v) is 6.89. The summed E-state index contributed by atoms with van der Waals surface area (Å²) in [4.78, 5) is 14.3. The summed E-state index contributed by atoms with van der Waals surface area (Å²) in [6.07, 6.45) is 5.63. The first-order chi connectivity index (χ1) is 11.3. The number of rotatable bonds is 4. The highest BCUT2D eigenvalue weighted by atomic mass is 16.5. The van der Waals surface area contributed by atoms with Crippen molar-refractivity contribution >= 4 is 6.03 Å². The van der Waals surface area contributed by atoms with Gasteiger partial charge in [-0.2, -0.15) is 0 Å². The van der Waals surface area contributed by atoms with Crippen molar-refractivity contribution in [3.05, 3.63) is 35.9 Å². The molecule has 0 spiro atoms. The first kappa shape index (κ1) is 16.3. The highest BCUT2D eigenvalue weighted by molar-refractivity contribution is 5.74. The normalized spacial score (nSPS) is 22.8. The predicted molar refractivity (Wildman–Crippen MR) is 91.4 cm³/mol. The number of piperidine rings is 1. The van der Waals surface area contributed by atoms with Crippen molar-refractivity contribution in [1.29, 1.82) is 0 Å². The highest BCUT2D eigenvalue weighted by Crippen LogP contribution is 2.21. The van der Waals surface area contributed by atoms with E-state index in [1.165, 1.54) is 12.0 Å². The number of urea groups is 1. The van der Waals surface area contributed by atoms with Crippen molar-refractivity contribution in [1.82, 2.24) is 10.2 Å². The van der Waals surface area contributed by atoms with Crippen molar-refractivity contribution in [2.75, 3.05) is 32.8 Å². The summed E-state index contributed by atoms with van der Waals surface area (Å²) in [5, 5.41) is 3.09. The molecule has 3 rings (SSSR count). The van der Waals surface area contributed by atoms with E-state index in [0.29, 0.717) is 11.8 Å². The van der Waals surface area contributed by atoms with Gasteiger partial charge in [0.15, 0.2) is 0 Å². The molecule has 2 amide bonds. The van der Waals surface area contributed by atoms with Gasteiger partial charge in [-0.05, 0) is 49.5 Å². The lowest BCUT2D eigenvalue weighted by molar-refractivity contribution is 0.0549. The van der Waals surface area contributed by atoms with Gasteiger partial charge in [0.2, 0.25) is 0 Å². The summed E-state index contributed by atoms with van der Waals surface area (Å²) in [5.74, 6) is 1.19. The number of hydrogen-bond donors (Lipinski definition) is 1. The minimum atomic E-state index is 0.105. The van der Waals surface area contributed by atoms with Crippen molar-refractivity contribution in [3.63, 3.8) is 0 Å². The van der Waals surface area contributed by atoms with E-state index in [0.717, 1.165) is 58.5 Å². The van der Waals surface area contributed by atoms with Crippen LogP contribution in [-0.4, -0.2) is 43.8 Å². The second kappa shape index (κ2) is 8.34. The Bertz CT molecular complexity index is 477. The van der Waals surface area contributed by atoms with Crippen LogP contribution in [0.5, 0.6) is 0 Å². The maximum Gasteiger partial charge on any atom is 0.317 e. The van der Waals surface area contributed by atoms with Crippen LogP contribution in [0.1, 0.15) is 31.2 Å². The Hall–Kier alpha value is -1.55. The molecule has 1 N–H and O–H groups in total. The van der Waals surface area contributed by atoms with E-state index >= 15 is 0 Å². The minimum Gasteiger partial charge on any atom is -0.381 e. The van der Waals surface area contributed by atoms with Gasteiger partial charge in [-0.25, -0.2) is 4.79 Å². The molecule has 0 saturated carbocycles. The number of hydrogen-bond acceptors (Lipinski definition) is 2. The number of carbonyl (C=O) groups excluding carboxylic acids is 1. The summed E-state index contributed by atoms with van der Waals surface area (Å²) >= 11 is 0. The lowest BCUT2D eigenvalue weighted by Gasteiger charge is -2.32. The van der Waals surface area contributed by atoms with Crippen LogP contribution in [0.2, 0.25) is 0 Å². The lowest BCUT2D eigenvalue weighted by atomic mass is 9.90. The fourth-order valence-electron chi connectivity index (χ4n) is 3.60. The third-order valence-corrected chi connectivity index (χ3v) is 5.07. The van der Waals surface area contributed by atoms with Crippen molar-refractivity contribution in [2.45, 2.75) is 32.1 Å². The first-order valence-electron chi connectivity index (χ1n) is 8.95. The van der Waals surface area contributed by atoms with E-state index in [9.17, 15) is 4.79 Å². The fourth-order valence-corrected chi connectivity index (χ4v) is 3.60. The zero-order valence-corrected chi connectivity index (χ0v) is 13.9. The largest absolute Gasteiger partial charge is 0.381 e. The monoisotopic (exact) mass is 316 g/mol. The predicted octanol–water partition coefficient (Wildman–Crippen LogP) is 3.08. The van der Waals surface area contributed by atoms with Gasteiger partial charge in [0, 0.05) is 26.2 Å². The molecule has 1 aromatic carbocycles. The minimum absolute atomic E-state index is 0.105. The third kappa shape index (κ3) is 4.96. The van der Waals surface area contributed by atoms with Crippen molar-refractivity contribution in [2.24, 2.45) is 11.8 Å². The fraction of sp³-hybridized carbons (Fsp3) is 0.632. The second-order valence-electron chi connectivity index (χ2n) is 6.89. The number of carbonyl (C=O) groups is 1. The molecule has 4 heteroatoms. The molecule has 1 atom stereocenters. The SMILES string of the molecule is O=C(NC[C@H]1CCCOC1)N1CCC(Cc2ccccc2)CC1. The van der Waals surface area contributed by atoms with Crippen LogP contribution in [0.4, 0.5) is 4.79 Å². The van der Waals surface area contributed by atoms with Crippen LogP contribution < -0.4 is 5.32 Å². The van der Waals surface area contributed by atoms with Crippen LogP contribution in [0, 0.1) is 11.8 Å².